The van der Waals surface area contributed by atoms with Crippen LogP contribution in [0.3, 0.4) is 0 Å². The molecule has 0 heterocycles. The minimum atomic E-state index is 0.169. The fourth-order valence-electron chi connectivity index (χ4n) is 1.71. The number of rotatable bonds is 12. The summed E-state index contributed by atoms with van der Waals surface area (Å²) in [6.07, 6.45) is 9.57. The molecule has 0 aromatic carbocycles. The quantitative estimate of drug-likeness (QED) is 0.517. The Hall–Kier alpha value is -0.570. The van der Waals surface area contributed by atoms with Crippen molar-refractivity contribution < 1.29 is 4.79 Å². The summed E-state index contributed by atoms with van der Waals surface area (Å²) < 4.78 is 0. The van der Waals surface area contributed by atoms with Crippen LogP contribution in [0.5, 0.6) is 0 Å². The third-order valence-corrected chi connectivity index (χ3v) is 2.81. The van der Waals surface area contributed by atoms with Gasteiger partial charge in [0.15, 0.2) is 0 Å². The van der Waals surface area contributed by atoms with Gasteiger partial charge in [-0.05, 0) is 19.4 Å². The Bertz CT molecular complexity index is 172. The van der Waals surface area contributed by atoms with E-state index in [0.717, 1.165) is 26.1 Å². The van der Waals surface area contributed by atoms with E-state index < -0.39 is 0 Å². The Kier molecular flexibility index (Phi) is 13.0. The van der Waals surface area contributed by atoms with Gasteiger partial charge in [-0.2, -0.15) is 0 Å². The Morgan fingerprint density at radius 1 is 0.824 bits per heavy atom. The second-order valence-corrected chi connectivity index (χ2v) is 4.62. The van der Waals surface area contributed by atoms with Gasteiger partial charge in [-0.1, -0.05) is 46.0 Å². The van der Waals surface area contributed by atoms with Crippen molar-refractivity contribution in [3.63, 3.8) is 0 Å². The molecule has 0 spiro atoms. The normalized spacial score (nSPS) is 10.5. The zero-order valence-corrected chi connectivity index (χ0v) is 11.7. The zero-order chi connectivity index (χ0) is 12.8. The van der Waals surface area contributed by atoms with E-state index in [-0.39, 0.29) is 5.91 Å². The van der Waals surface area contributed by atoms with Gasteiger partial charge in [0.2, 0.25) is 5.91 Å². The summed E-state index contributed by atoms with van der Waals surface area (Å²) in [6, 6.07) is 0. The molecule has 0 bridgehead atoms. The molecule has 0 aliphatic rings. The van der Waals surface area contributed by atoms with Gasteiger partial charge in [0.1, 0.15) is 0 Å². The van der Waals surface area contributed by atoms with Crippen molar-refractivity contribution in [3.05, 3.63) is 0 Å². The number of carbonyl (C=O) groups excluding carboxylic acids is 1. The van der Waals surface area contributed by atoms with Gasteiger partial charge in [-0.25, -0.2) is 0 Å². The van der Waals surface area contributed by atoms with Crippen LogP contribution in [-0.2, 0) is 4.79 Å². The molecular formula is C14H30N2O. The van der Waals surface area contributed by atoms with Crippen molar-refractivity contribution in [2.45, 2.75) is 65.2 Å². The topological polar surface area (TPSA) is 41.1 Å². The summed E-state index contributed by atoms with van der Waals surface area (Å²) in [5, 5.41) is 6.20. The van der Waals surface area contributed by atoms with Crippen LogP contribution in [0.2, 0.25) is 0 Å². The molecule has 3 nitrogen and oxygen atoms in total. The molecule has 0 atom stereocenters. The predicted octanol–water partition coefficient (Wildman–Crippen LogP) is 2.85. The molecule has 0 aliphatic heterocycles. The molecule has 0 rings (SSSR count). The molecule has 0 aromatic heterocycles. The Morgan fingerprint density at radius 2 is 1.53 bits per heavy atom. The lowest BCUT2D eigenvalue weighted by Crippen LogP contribution is -2.28. The molecule has 102 valence electrons. The first-order valence-electron chi connectivity index (χ1n) is 7.28. The smallest absolute Gasteiger partial charge is 0.221 e. The van der Waals surface area contributed by atoms with Crippen molar-refractivity contribution in [2.75, 3.05) is 19.6 Å². The summed E-state index contributed by atoms with van der Waals surface area (Å²) in [6.45, 7) is 6.97. The van der Waals surface area contributed by atoms with E-state index in [2.05, 4.69) is 24.5 Å². The number of carbonyl (C=O) groups is 1. The average molecular weight is 242 g/mol. The Labute approximate surface area is 107 Å². The first-order valence-corrected chi connectivity index (χ1v) is 7.28. The van der Waals surface area contributed by atoms with Gasteiger partial charge in [0.25, 0.3) is 0 Å². The molecular weight excluding hydrogens is 212 g/mol. The maximum atomic E-state index is 11.3. The van der Waals surface area contributed by atoms with Crippen molar-refractivity contribution in [3.8, 4) is 0 Å². The molecule has 0 fully saturated rings. The van der Waals surface area contributed by atoms with Gasteiger partial charge < -0.3 is 10.6 Å². The third-order valence-electron chi connectivity index (χ3n) is 2.81. The SMILES string of the molecule is CCCCCCCCNCCC(=O)NCCC. The van der Waals surface area contributed by atoms with E-state index in [0.29, 0.717) is 6.42 Å². The fraction of sp³-hybridized carbons (Fsp3) is 0.929. The van der Waals surface area contributed by atoms with E-state index >= 15 is 0 Å². The largest absolute Gasteiger partial charge is 0.356 e. The lowest BCUT2D eigenvalue weighted by molar-refractivity contribution is -0.120. The van der Waals surface area contributed by atoms with Crippen LogP contribution in [0.4, 0.5) is 0 Å². The van der Waals surface area contributed by atoms with E-state index in [9.17, 15) is 4.79 Å². The summed E-state index contributed by atoms with van der Waals surface area (Å²) >= 11 is 0. The third kappa shape index (κ3) is 13.4. The van der Waals surface area contributed by atoms with E-state index in [1.807, 2.05) is 0 Å². The predicted molar refractivity (Wildman–Crippen MR) is 74.2 cm³/mol. The molecule has 0 saturated carbocycles. The van der Waals surface area contributed by atoms with E-state index in [1.165, 1.54) is 38.5 Å². The van der Waals surface area contributed by atoms with Crippen LogP contribution in [0.1, 0.15) is 65.2 Å². The van der Waals surface area contributed by atoms with Crippen LogP contribution < -0.4 is 10.6 Å². The Balaban J connectivity index is 3.05. The van der Waals surface area contributed by atoms with Crippen molar-refractivity contribution in [2.24, 2.45) is 0 Å². The van der Waals surface area contributed by atoms with Gasteiger partial charge >= 0.3 is 0 Å². The zero-order valence-electron chi connectivity index (χ0n) is 11.7. The van der Waals surface area contributed by atoms with Crippen LogP contribution in [-0.4, -0.2) is 25.5 Å². The molecule has 0 saturated heterocycles. The molecule has 0 unspecified atom stereocenters. The van der Waals surface area contributed by atoms with Crippen LogP contribution >= 0.6 is 0 Å². The molecule has 0 aliphatic carbocycles. The van der Waals surface area contributed by atoms with Crippen molar-refractivity contribution in [1.29, 1.82) is 0 Å². The van der Waals surface area contributed by atoms with Gasteiger partial charge in [-0.3, -0.25) is 4.79 Å². The summed E-state index contributed by atoms with van der Waals surface area (Å²) in [7, 11) is 0. The van der Waals surface area contributed by atoms with Gasteiger partial charge in [-0.15, -0.1) is 0 Å². The molecule has 3 heteroatoms. The van der Waals surface area contributed by atoms with E-state index in [1.54, 1.807) is 0 Å². The number of nitrogens with one attached hydrogen (secondary N) is 2. The fourth-order valence-corrected chi connectivity index (χ4v) is 1.71. The highest BCUT2D eigenvalue weighted by Crippen LogP contribution is 2.03. The van der Waals surface area contributed by atoms with Crippen molar-refractivity contribution in [1.82, 2.24) is 10.6 Å². The van der Waals surface area contributed by atoms with Crippen LogP contribution in [0.15, 0.2) is 0 Å². The van der Waals surface area contributed by atoms with Gasteiger partial charge in [0.05, 0.1) is 0 Å². The summed E-state index contributed by atoms with van der Waals surface area (Å²) in [5.74, 6) is 0.169. The highest BCUT2D eigenvalue weighted by Gasteiger charge is 1.98. The molecule has 2 N–H and O–H groups in total. The maximum Gasteiger partial charge on any atom is 0.221 e. The van der Waals surface area contributed by atoms with Gasteiger partial charge in [0, 0.05) is 19.5 Å². The van der Waals surface area contributed by atoms with Crippen molar-refractivity contribution >= 4 is 5.91 Å². The molecule has 1 amide bonds. The lowest BCUT2D eigenvalue weighted by Gasteiger charge is -2.05. The van der Waals surface area contributed by atoms with Crippen LogP contribution in [0.25, 0.3) is 0 Å². The maximum absolute atomic E-state index is 11.3. The molecule has 17 heavy (non-hydrogen) atoms. The highest BCUT2D eigenvalue weighted by molar-refractivity contribution is 5.75. The first-order chi connectivity index (χ1) is 8.31. The molecule has 0 radical (unpaired) electrons. The second-order valence-electron chi connectivity index (χ2n) is 4.62. The number of amides is 1. The second kappa shape index (κ2) is 13.5. The monoisotopic (exact) mass is 242 g/mol. The number of unbranched alkanes of at least 4 members (excludes halogenated alkanes) is 5. The first kappa shape index (κ1) is 16.4. The highest BCUT2D eigenvalue weighted by atomic mass is 16.1. The summed E-state index contributed by atoms with van der Waals surface area (Å²) in [4.78, 5) is 11.3. The minimum absolute atomic E-state index is 0.169. The Morgan fingerprint density at radius 3 is 2.24 bits per heavy atom. The van der Waals surface area contributed by atoms with Crippen LogP contribution in [0, 0.1) is 0 Å². The molecule has 0 aromatic rings. The lowest BCUT2D eigenvalue weighted by atomic mass is 10.1. The summed E-state index contributed by atoms with van der Waals surface area (Å²) in [5.41, 5.74) is 0. The average Bonchev–Trinajstić information content (AvgIpc) is 2.34. The number of hydrogen-bond donors (Lipinski definition) is 2. The van der Waals surface area contributed by atoms with E-state index in [4.69, 9.17) is 0 Å². The standard InChI is InChI=1S/C14H30N2O/c1-3-5-6-7-8-9-12-15-13-10-14(17)16-11-4-2/h15H,3-13H2,1-2H3,(H,16,17). The minimum Gasteiger partial charge on any atom is -0.356 e. The number of hydrogen-bond acceptors (Lipinski definition) is 2.